The van der Waals surface area contributed by atoms with Crippen LogP contribution >= 0.6 is 0 Å². The molecule has 3 heteroatoms. The van der Waals surface area contributed by atoms with E-state index in [2.05, 4.69) is 0 Å². The van der Waals surface area contributed by atoms with Crippen molar-refractivity contribution in [2.75, 3.05) is 6.61 Å². The van der Waals surface area contributed by atoms with Gasteiger partial charge in [-0.2, -0.15) is 0 Å². The minimum atomic E-state index is -0.942. The third-order valence-corrected chi connectivity index (χ3v) is 0.873. The van der Waals surface area contributed by atoms with Crippen molar-refractivity contribution in [2.45, 2.75) is 26.4 Å². The van der Waals surface area contributed by atoms with Crippen LogP contribution in [0.4, 0.5) is 0 Å². The van der Waals surface area contributed by atoms with Crippen LogP contribution in [0.3, 0.4) is 0 Å². The largest absolute Gasteiger partial charge is 0.478 e. The predicted octanol–water partition coefficient (Wildman–Crippen LogP) is 1.44. The molecule has 0 aliphatic rings. The summed E-state index contributed by atoms with van der Waals surface area (Å²) in [5.74, 6) is -0.942. The van der Waals surface area contributed by atoms with Gasteiger partial charge in [-0.15, -0.1) is 0 Å². The molecule has 0 aliphatic heterocycles. The average Bonchev–Trinajstić information content (AvgIpc) is 1.78. The minimum Gasteiger partial charge on any atom is -0.478 e. The van der Waals surface area contributed by atoms with E-state index in [1.165, 1.54) is 6.08 Å². The number of ether oxygens (including phenoxy) is 1. The zero-order valence-electron chi connectivity index (χ0n) is 7.13. The summed E-state index contributed by atoms with van der Waals surface area (Å²) in [6.45, 7) is 6.10. The fourth-order valence-corrected chi connectivity index (χ4v) is 0.447. The van der Waals surface area contributed by atoms with Gasteiger partial charge in [-0.1, -0.05) is 6.08 Å². The van der Waals surface area contributed by atoms with Crippen LogP contribution in [0.5, 0.6) is 0 Å². The van der Waals surface area contributed by atoms with E-state index >= 15 is 0 Å². The van der Waals surface area contributed by atoms with Crippen molar-refractivity contribution in [3.05, 3.63) is 12.2 Å². The molecule has 0 fully saturated rings. The lowest BCUT2D eigenvalue weighted by molar-refractivity contribution is -0.131. The predicted molar refractivity (Wildman–Crippen MR) is 42.5 cm³/mol. The maximum absolute atomic E-state index is 9.98. The second kappa shape index (κ2) is 4.13. The Bertz CT molecular complexity index is 153. The summed E-state index contributed by atoms with van der Waals surface area (Å²) in [7, 11) is 0. The standard InChI is InChI=1S/C8H14O3/c1-8(2,3)11-6-4-5-7(9)10/h4-5H,6H2,1-3H3,(H,9,10)/b5-4-. The lowest BCUT2D eigenvalue weighted by Gasteiger charge is -2.17. The van der Waals surface area contributed by atoms with Crippen LogP contribution in [-0.4, -0.2) is 23.3 Å². The van der Waals surface area contributed by atoms with Crippen molar-refractivity contribution in [1.29, 1.82) is 0 Å². The first-order chi connectivity index (χ1) is 4.92. The molecule has 0 aliphatic carbocycles. The molecule has 0 radical (unpaired) electrons. The Labute approximate surface area is 66.7 Å². The van der Waals surface area contributed by atoms with Crippen molar-refractivity contribution in [1.82, 2.24) is 0 Å². The molecule has 0 amide bonds. The van der Waals surface area contributed by atoms with Gasteiger partial charge in [0, 0.05) is 6.08 Å². The van der Waals surface area contributed by atoms with Crippen molar-refractivity contribution in [3.8, 4) is 0 Å². The minimum absolute atomic E-state index is 0.206. The Morgan fingerprint density at radius 1 is 1.55 bits per heavy atom. The van der Waals surface area contributed by atoms with E-state index in [1.807, 2.05) is 20.8 Å². The van der Waals surface area contributed by atoms with E-state index < -0.39 is 5.97 Å². The maximum Gasteiger partial charge on any atom is 0.328 e. The van der Waals surface area contributed by atoms with E-state index in [0.29, 0.717) is 6.61 Å². The van der Waals surface area contributed by atoms with Crippen molar-refractivity contribution in [2.24, 2.45) is 0 Å². The van der Waals surface area contributed by atoms with Crippen molar-refractivity contribution < 1.29 is 14.6 Å². The van der Waals surface area contributed by atoms with Gasteiger partial charge < -0.3 is 9.84 Å². The van der Waals surface area contributed by atoms with Gasteiger partial charge in [0.2, 0.25) is 0 Å². The molecular formula is C8H14O3. The maximum atomic E-state index is 9.98. The molecule has 0 rings (SSSR count). The van der Waals surface area contributed by atoms with Crippen LogP contribution in [0.15, 0.2) is 12.2 Å². The molecule has 0 heterocycles. The first kappa shape index (κ1) is 10.2. The van der Waals surface area contributed by atoms with Crippen LogP contribution in [0.2, 0.25) is 0 Å². The molecule has 0 saturated carbocycles. The highest BCUT2D eigenvalue weighted by atomic mass is 16.5. The van der Waals surface area contributed by atoms with Gasteiger partial charge in [0.15, 0.2) is 0 Å². The summed E-state index contributed by atoms with van der Waals surface area (Å²) in [5, 5.41) is 8.20. The Kier molecular flexibility index (Phi) is 3.82. The van der Waals surface area contributed by atoms with E-state index in [4.69, 9.17) is 9.84 Å². The molecule has 64 valence electrons. The van der Waals surface area contributed by atoms with E-state index in [-0.39, 0.29) is 5.60 Å². The Hall–Kier alpha value is -0.830. The lowest BCUT2D eigenvalue weighted by Crippen LogP contribution is -2.18. The fourth-order valence-electron chi connectivity index (χ4n) is 0.447. The Morgan fingerprint density at radius 3 is 2.45 bits per heavy atom. The molecule has 0 saturated heterocycles. The molecule has 1 N–H and O–H groups in total. The van der Waals surface area contributed by atoms with Crippen LogP contribution in [0.25, 0.3) is 0 Å². The average molecular weight is 158 g/mol. The highest BCUT2D eigenvalue weighted by Crippen LogP contribution is 2.05. The zero-order chi connectivity index (χ0) is 8.91. The molecule has 0 aromatic rings. The normalized spacial score (nSPS) is 12.3. The second-order valence-electron chi connectivity index (χ2n) is 3.16. The molecule has 11 heavy (non-hydrogen) atoms. The highest BCUT2D eigenvalue weighted by Gasteiger charge is 2.07. The summed E-state index contributed by atoms with van der Waals surface area (Å²) >= 11 is 0. The van der Waals surface area contributed by atoms with Crippen molar-refractivity contribution in [3.63, 3.8) is 0 Å². The summed E-state index contributed by atoms with van der Waals surface area (Å²) in [4.78, 5) is 9.98. The second-order valence-corrected chi connectivity index (χ2v) is 3.16. The lowest BCUT2D eigenvalue weighted by atomic mass is 10.2. The van der Waals surface area contributed by atoms with E-state index in [9.17, 15) is 4.79 Å². The van der Waals surface area contributed by atoms with Gasteiger partial charge in [0.25, 0.3) is 0 Å². The number of hydrogen-bond acceptors (Lipinski definition) is 2. The molecule has 0 spiro atoms. The zero-order valence-corrected chi connectivity index (χ0v) is 7.13. The van der Waals surface area contributed by atoms with Crippen LogP contribution < -0.4 is 0 Å². The smallest absolute Gasteiger partial charge is 0.328 e. The summed E-state index contributed by atoms with van der Waals surface area (Å²) < 4.78 is 5.23. The number of carboxylic acid groups (broad SMARTS) is 1. The molecule has 0 aromatic heterocycles. The van der Waals surface area contributed by atoms with Gasteiger partial charge >= 0.3 is 5.97 Å². The van der Waals surface area contributed by atoms with Gasteiger partial charge in [0.1, 0.15) is 0 Å². The fraction of sp³-hybridized carbons (Fsp3) is 0.625. The number of hydrogen-bond donors (Lipinski definition) is 1. The SMILES string of the molecule is CC(C)(C)OC/C=C\C(=O)O. The van der Waals surface area contributed by atoms with Crippen LogP contribution in [-0.2, 0) is 9.53 Å². The Morgan fingerprint density at radius 2 is 2.09 bits per heavy atom. The monoisotopic (exact) mass is 158 g/mol. The summed E-state index contributed by atoms with van der Waals surface area (Å²) in [5.41, 5.74) is -0.206. The number of carboxylic acids is 1. The van der Waals surface area contributed by atoms with Crippen LogP contribution in [0, 0.1) is 0 Å². The topological polar surface area (TPSA) is 46.5 Å². The summed E-state index contributed by atoms with van der Waals surface area (Å²) in [6, 6.07) is 0. The molecule has 0 unspecified atom stereocenters. The third-order valence-electron chi connectivity index (χ3n) is 0.873. The first-order valence-electron chi connectivity index (χ1n) is 3.45. The van der Waals surface area contributed by atoms with E-state index in [1.54, 1.807) is 0 Å². The van der Waals surface area contributed by atoms with Gasteiger partial charge in [-0.05, 0) is 20.8 Å². The number of carbonyl (C=O) groups is 1. The molecule has 0 atom stereocenters. The van der Waals surface area contributed by atoms with Gasteiger partial charge in [-0.25, -0.2) is 4.79 Å². The summed E-state index contributed by atoms with van der Waals surface area (Å²) in [6.07, 6.45) is 2.55. The number of aliphatic carboxylic acids is 1. The third kappa shape index (κ3) is 9.17. The van der Waals surface area contributed by atoms with Gasteiger partial charge in [-0.3, -0.25) is 0 Å². The quantitative estimate of drug-likeness (QED) is 0.632. The molecular weight excluding hydrogens is 144 g/mol. The molecule has 0 aromatic carbocycles. The molecule has 3 nitrogen and oxygen atoms in total. The van der Waals surface area contributed by atoms with Crippen molar-refractivity contribution >= 4 is 5.97 Å². The number of rotatable bonds is 3. The highest BCUT2D eigenvalue weighted by molar-refractivity contribution is 5.79. The van der Waals surface area contributed by atoms with Crippen LogP contribution in [0.1, 0.15) is 20.8 Å². The van der Waals surface area contributed by atoms with Gasteiger partial charge in [0.05, 0.1) is 12.2 Å². The first-order valence-corrected chi connectivity index (χ1v) is 3.45. The molecule has 0 bridgehead atoms. The van der Waals surface area contributed by atoms with E-state index in [0.717, 1.165) is 6.08 Å². The Balaban J connectivity index is 3.50.